The minimum absolute atomic E-state index is 0.0165. The van der Waals surface area contributed by atoms with Gasteiger partial charge < -0.3 is 10.4 Å². The minimum atomic E-state index is -3.66. The molecule has 2 heterocycles. The van der Waals surface area contributed by atoms with Crippen LogP contribution in [0.4, 0.5) is 0 Å². The number of sulfonamides is 1. The summed E-state index contributed by atoms with van der Waals surface area (Å²) in [5.74, 6) is -1.02. The number of hydrogen-bond acceptors (Lipinski definition) is 5. The quantitative estimate of drug-likeness (QED) is 0.797. The van der Waals surface area contributed by atoms with Gasteiger partial charge in [0.05, 0.1) is 4.90 Å². The molecule has 128 valence electrons. The number of carboxylic acid groups (broad SMARTS) is 1. The molecule has 1 aliphatic heterocycles. The predicted molar refractivity (Wildman–Crippen MR) is 86.1 cm³/mol. The smallest absolute Gasteiger partial charge is 0.345 e. The molecule has 1 aromatic heterocycles. The van der Waals surface area contributed by atoms with Crippen LogP contribution in [0.5, 0.6) is 0 Å². The van der Waals surface area contributed by atoms with Gasteiger partial charge in [-0.3, -0.25) is 4.79 Å². The van der Waals surface area contributed by atoms with E-state index in [0.717, 1.165) is 30.6 Å². The van der Waals surface area contributed by atoms with Crippen LogP contribution in [0, 0.1) is 5.92 Å². The van der Waals surface area contributed by atoms with E-state index in [2.05, 4.69) is 5.32 Å². The van der Waals surface area contributed by atoms with Crippen LogP contribution in [0.3, 0.4) is 0 Å². The number of piperidine rings is 1. The lowest BCUT2D eigenvalue weighted by atomic mass is 9.96. The third-order valence-electron chi connectivity index (χ3n) is 3.83. The zero-order valence-electron chi connectivity index (χ0n) is 12.8. The summed E-state index contributed by atoms with van der Waals surface area (Å²) >= 11 is 0.914. The maximum absolute atomic E-state index is 12.6. The molecule has 1 atom stereocenters. The van der Waals surface area contributed by atoms with Gasteiger partial charge in [0.15, 0.2) is 0 Å². The number of nitrogens with one attached hydrogen (secondary N) is 1. The molecule has 0 saturated carbocycles. The van der Waals surface area contributed by atoms with Gasteiger partial charge in [0.25, 0.3) is 0 Å². The van der Waals surface area contributed by atoms with E-state index >= 15 is 0 Å². The molecule has 9 heteroatoms. The average molecular weight is 360 g/mol. The fourth-order valence-corrected chi connectivity index (χ4v) is 5.30. The lowest BCUT2D eigenvalue weighted by molar-refractivity contribution is -0.119. The Morgan fingerprint density at radius 1 is 1.48 bits per heavy atom. The van der Waals surface area contributed by atoms with E-state index in [9.17, 15) is 18.0 Å². The summed E-state index contributed by atoms with van der Waals surface area (Å²) in [4.78, 5) is 21.9. The van der Waals surface area contributed by atoms with Crippen molar-refractivity contribution in [2.24, 2.45) is 5.92 Å². The van der Waals surface area contributed by atoms with E-state index in [0.29, 0.717) is 19.6 Å². The van der Waals surface area contributed by atoms with Gasteiger partial charge in [-0.2, -0.15) is 4.31 Å². The highest BCUT2D eigenvalue weighted by Crippen LogP contribution is 2.27. The maximum Gasteiger partial charge on any atom is 0.345 e. The molecule has 2 rings (SSSR count). The summed E-state index contributed by atoms with van der Waals surface area (Å²) in [6, 6.07) is 1.21. The summed E-state index contributed by atoms with van der Waals surface area (Å²) in [5, 5.41) is 13.0. The van der Waals surface area contributed by atoms with Crippen molar-refractivity contribution in [2.75, 3.05) is 19.6 Å². The highest BCUT2D eigenvalue weighted by Gasteiger charge is 2.31. The Balaban J connectivity index is 2.03. The molecule has 0 bridgehead atoms. The molecule has 2 N–H and O–H groups in total. The van der Waals surface area contributed by atoms with Crippen molar-refractivity contribution < 1.29 is 23.1 Å². The number of amides is 1. The second-order valence-electron chi connectivity index (χ2n) is 5.59. The first-order valence-corrected chi connectivity index (χ1v) is 9.69. The van der Waals surface area contributed by atoms with Crippen molar-refractivity contribution in [1.82, 2.24) is 9.62 Å². The van der Waals surface area contributed by atoms with E-state index in [4.69, 9.17) is 5.11 Å². The zero-order valence-corrected chi connectivity index (χ0v) is 14.5. The van der Waals surface area contributed by atoms with Crippen LogP contribution in [-0.4, -0.2) is 49.3 Å². The van der Waals surface area contributed by atoms with E-state index in [1.165, 1.54) is 22.7 Å². The molecule has 0 aromatic carbocycles. The van der Waals surface area contributed by atoms with Gasteiger partial charge in [-0.25, -0.2) is 13.2 Å². The standard InChI is InChI=1S/C14H20N2O5S2/c1-10(17)15-5-4-11-3-2-6-16(8-11)23(20,21)12-7-13(14(18)19)22-9-12/h7,9,11H,2-6,8H2,1H3,(H,15,17)(H,18,19). The van der Waals surface area contributed by atoms with Crippen LogP contribution >= 0.6 is 11.3 Å². The number of aromatic carboxylic acids is 1. The SMILES string of the molecule is CC(=O)NCCC1CCCN(S(=O)(=O)c2csc(C(=O)O)c2)C1. The van der Waals surface area contributed by atoms with Crippen LogP contribution < -0.4 is 5.32 Å². The van der Waals surface area contributed by atoms with Gasteiger partial charge in [0.1, 0.15) is 4.88 Å². The third kappa shape index (κ3) is 4.52. The molecular weight excluding hydrogens is 340 g/mol. The molecular formula is C14H20N2O5S2. The molecule has 1 aromatic rings. The van der Waals surface area contributed by atoms with Crippen LogP contribution in [-0.2, 0) is 14.8 Å². The summed E-state index contributed by atoms with van der Waals surface area (Å²) in [6.07, 6.45) is 2.42. The Morgan fingerprint density at radius 3 is 2.83 bits per heavy atom. The topological polar surface area (TPSA) is 104 Å². The largest absolute Gasteiger partial charge is 0.477 e. The summed E-state index contributed by atoms with van der Waals surface area (Å²) in [5.41, 5.74) is 0. The molecule has 1 unspecified atom stereocenters. The van der Waals surface area contributed by atoms with E-state index in [1.807, 2.05) is 0 Å². The molecule has 1 fully saturated rings. The van der Waals surface area contributed by atoms with Crippen molar-refractivity contribution in [3.05, 3.63) is 16.3 Å². The Bertz CT molecular complexity index is 683. The zero-order chi connectivity index (χ0) is 17.0. The lowest BCUT2D eigenvalue weighted by Gasteiger charge is -2.31. The molecule has 0 radical (unpaired) electrons. The molecule has 7 nitrogen and oxygen atoms in total. The molecule has 1 aliphatic rings. The molecule has 0 spiro atoms. The van der Waals surface area contributed by atoms with Crippen LogP contribution in [0.1, 0.15) is 35.9 Å². The highest BCUT2D eigenvalue weighted by molar-refractivity contribution is 7.89. The van der Waals surface area contributed by atoms with Crippen molar-refractivity contribution in [3.63, 3.8) is 0 Å². The first-order valence-electron chi connectivity index (χ1n) is 7.37. The number of carbonyl (C=O) groups excluding carboxylic acids is 1. The fraction of sp³-hybridized carbons (Fsp3) is 0.571. The normalized spacial score (nSPS) is 19.4. The van der Waals surface area contributed by atoms with Gasteiger partial charge in [-0.05, 0) is 31.2 Å². The summed E-state index contributed by atoms with van der Waals surface area (Å²) in [7, 11) is -3.66. The lowest BCUT2D eigenvalue weighted by Crippen LogP contribution is -2.40. The van der Waals surface area contributed by atoms with Crippen LogP contribution in [0.15, 0.2) is 16.3 Å². The summed E-state index contributed by atoms with van der Waals surface area (Å²) < 4.78 is 26.7. The Kier molecular flexibility index (Phi) is 5.77. The van der Waals surface area contributed by atoms with Gasteiger partial charge >= 0.3 is 5.97 Å². The number of carbonyl (C=O) groups is 2. The average Bonchev–Trinajstić information content (AvgIpc) is 2.98. The van der Waals surface area contributed by atoms with E-state index in [1.54, 1.807) is 0 Å². The number of hydrogen-bond donors (Lipinski definition) is 2. The number of thiophene rings is 1. The number of carboxylic acids is 1. The summed E-state index contributed by atoms with van der Waals surface area (Å²) in [6.45, 7) is 2.83. The Labute approximate surface area is 139 Å². The van der Waals surface area contributed by atoms with Gasteiger partial charge in [-0.1, -0.05) is 0 Å². The fourth-order valence-electron chi connectivity index (χ4n) is 2.65. The Hall–Kier alpha value is -1.45. The second kappa shape index (κ2) is 7.41. The minimum Gasteiger partial charge on any atom is -0.477 e. The van der Waals surface area contributed by atoms with Crippen molar-refractivity contribution >= 4 is 33.2 Å². The van der Waals surface area contributed by atoms with Gasteiger partial charge in [0.2, 0.25) is 15.9 Å². The number of nitrogens with zero attached hydrogens (tertiary/aromatic N) is 1. The maximum atomic E-state index is 12.6. The number of rotatable bonds is 6. The van der Waals surface area contributed by atoms with Crippen molar-refractivity contribution in [2.45, 2.75) is 31.1 Å². The van der Waals surface area contributed by atoms with Crippen molar-refractivity contribution in [3.8, 4) is 0 Å². The van der Waals surface area contributed by atoms with E-state index < -0.39 is 16.0 Å². The van der Waals surface area contributed by atoms with Gasteiger partial charge in [-0.15, -0.1) is 11.3 Å². The molecule has 23 heavy (non-hydrogen) atoms. The first-order chi connectivity index (χ1) is 10.8. The van der Waals surface area contributed by atoms with Crippen LogP contribution in [0.2, 0.25) is 0 Å². The monoisotopic (exact) mass is 360 g/mol. The molecule has 1 amide bonds. The van der Waals surface area contributed by atoms with Crippen molar-refractivity contribution in [1.29, 1.82) is 0 Å². The van der Waals surface area contributed by atoms with Gasteiger partial charge in [0, 0.05) is 31.9 Å². The van der Waals surface area contributed by atoms with Crippen LogP contribution in [0.25, 0.3) is 0 Å². The molecule has 0 aliphatic carbocycles. The predicted octanol–water partition coefficient (Wildman–Crippen LogP) is 1.37. The third-order valence-corrected chi connectivity index (χ3v) is 6.74. The molecule has 1 saturated heterocycles. The second-order valence-corrected chi connectivity index (χ2v) is 8.44. The Morgan fingerprint density at radius 2 is 2.22 bits per heavy atom. The first kappa shape index (κ1) is 17.9. The highest BCUT2D eigenvalue weighted by atomic mass is 32.2. The van der Waals surface area contributed by atoms with E-state index in [-0.39, 0.29) is 21.6 Å².